The van der Waals surface area contributed by atoms with Crippen LogP contribution in [-0.4, -0.2) is 11.2 Å². The summed E-state index contributed by atoms with van der Waals surface area (Å²) in [6.07, 6.45) is -0.569. The van der Waals surface area contributed by atoms with Crippen LogP contribution in [0, 0.1) is 6.92 Å². The maximum absolute atomic E-state index is 9.10. The third kappa shape index (κ3) is 1.82. The van der Waals surface area contributed by atoms with Gasteiger partial charge in [-0.15, -0.1) is 0 Å². The second-order valence-electron chi connectivity index (χ2n) is 2.71. The topological polar surface area (TPSA) is 59.4 Å². The lowest BCUT2D eigenvalue weighted by Gasteiger charge is -2.10. The Morgan fingerprint density at radius 1 is 1.55 bits per heavy atom. The Morgan fingerprint density at radius 3 is 2.55 bits per heavy atom. The van der Waals surface area contributed by atoms with E-state index < -0.39 is 12.1 Å². The number of hydrogen-bond acceptors (Lipinski definition) is 3. The Morgan fingerprint density at radius 2 is 2.18 bits per heavy atom. The van der Waals surface area contributed by atoms with Crippen LogP contribution in [0.3, 0.4) is 0 Å². The van der Waals surface area contributed by atoms with E-state index in [1.165, 1.54) is 0 Å². The summed E-state index contributed by atoms with van der Waals surface area (Å²) in [5.41, 5.74) is 5.61. The molecule has 2 atom stereocenters. The first-order valence-electron chi connectivity index (χ1n) is 3.61. The lowest BCUT2D eigenvalue weighted by molar-refractivity contribution is 0.153. The summed E-state index contributed by atoms with van der Waals surface area (Å²) in [5, 5.41) is 9.10. The summed E-state index contributed by atoms with van der Waals surface area (Å²) >= 11 is 0. The molecule has 0 amide bonds. The van der Waals surface area contributed by atoms with Gasteiger partial charge in [0, 0.05) is 0 Å². The second kappa shape index (κ2) is 3.07. The number of rotatable bonds is 2. The first-order valence-corrected chi connectivity index (χ1v) is 3.61. The van der Waals surface area contributed by atoms with Crippen LogP contribution >= 0.6 is 0 Å². The lowest BCUT2D eigenvalue weighted by Crippen LogP contribution is -2.22. The van der Waals surface area contributed by atoms with E-state index in [9.17, 15) is 0 Å². The second-order valence-corrected chi connectivity index (χ2v) is 2.71. The first-order chi connectivity index (χ1) is 5.11. The predicted octanol–water partition coefficient (Wildman–Crippen LogP) is 0.969. The predicted molar refractivity (Wildman–Crippen MR) is 42.1 cm³/mol. The maximum atomic E-state index is 9.10. The highest BCUT2D eigenvalue weighted by Crippen LogP contribution is 2.16. The molecule has 3 nitrogen and oxygen atoms in total. The standard InChI is InChI=1S/C8H13NO2/c1-5-3-4-7(11-5)8(9)6(2)10/h3-4,6,8,10H,9H2,1-2H3. The Bertz CT molecular complexity index is 230. The van der Waals surface area contributed by atoms with Gasteiger partial charge in [-0.3, -0.25) is 0 Å². The summed E-state index contributed by atoms with van der Waals surface area (Å²) in [5.74, 6) is 1.45. The van der Waals surface area contributed by atoms with Crippen LogP contribution in [0.25, 0.3) is 0 Å². The average molecular weight is 155 g/mol. The monoisotopic (exact) mass is 155 g/mol. The zero-order chi connectivity index (χ0) is 8.43. The molecular weight excluding hydrogens is 142 g/mol. The van der Waals surface area contributed by atoms with Crippen molar-refractivity contribution in [1.82, 2.24) is 0 Å². The smallest absolute Gasteiger partial charge is 0.123 e. The van der Waals surface area contributed by atoms with Crippen LogP contribution < -0.4 is 5.73 Å². The average Bonchev–Trinajstić information content (AvgIpc) is 2.34. The summed E-state index contributed by atoms with van der Waals surface area (Å²) < 4.78 is 5.22. The van der Waals surface area contributed by atoms with Crippen molar-refractivity contribution in [2.45, 2.75) is 26.0 Å². The summed E-state index contributed by atoms with van der Waals surface area (Å²) in [6, 6.07) is 3.20. The molecule has 1 aromatic heterocycles. The minimum atomic E-state index is -0.569. The van der Waals surface area contributed by atoms with Crippen LogP contribution in [-0.2, 0) is 0 Å². The molecule has 11 heavy (non-hydrogen) atoms. The summed E-state index contributed by atoms with van der Waals surface area (Å²) in [7, 11) is 0. The first kappa shape index (κ1) is 8.30. The van der Waals surface area contributed by atoms with Crippen molar-refractivity contribution in [3.63, 3.8) is 0 Å². The van der Waals surface area contributed by atoms with Crippen LogP contribution in [0.5, 0.6) is 0 Å². The molecule has 0 spiro atoms. The van der Waals surface area contributed by atoms with E-state index in [4.69, 9.17) is 15.3 Å². The summed E-state index contributed by atoms with van der Waals surface area (Å²) in [4.78, 5) is 0. The van der Waals surface area contributed by atoms with E-state index >= 15 is 0 Å². The van der Waals surface area contributed by atoms with E-state index in [2.05, 4.69) is 0 Å². The molecule has 0 aliphatic carbocycles. The number of aliphatic hydroxyl groups excluding tert-OH is 1. The fourth-order valence-corrected chi connectivity index (χ4v) is 0.870. The number of nitrogens with two attached hydrogens (primary N) is 1. The van der Waals surface area contributed by atoms with E-state index in [0.29, 0.717) is 5.76 Å². The van der Waals surface area contributed by atoms with Gasteiger partial charge in [-0.25, -0.2) is 0 Å². The molecule has 3 heteroatoms. The highest BCUT2D eigenvalue weighted by Gasteiger charge is 2.14. The van der Waals surface area contributed by atoms with Crippen molar-refractivity contribution >= 4 is 0 Å². The van der Waals surface area contributed by atoms with Gasteiger partial charge in [0.2, 0.25) is 0 Å². The molecule has 1 aromatic rings. The van der Waals surface area contributed by atoms with Crippen LogP contribution in [0.2, 0.25) is 0 Å². The zero-order valence-corrected chi connectivity index (χ0v) is 6.74. The largest absolute Gasteiger partial charge is 0.465 e. The minimum Gasteiger partial charge on any atom is -0.465 e. The Labute approximate surface area is 65.8 Å². The van der Waals surface area contributed by atoms with Gasteiger partial charge in [0.1, 0.15) is 11.5 Å². The van der Waals surface area contributed by atoms with Gasteiger partial charge in [0.25, 0.3) is 0 Å². The molecule has 1 rings (SSSR count). The molecule has 1 heterocycles. The molecule has 0 bridgehead atoms. The summed E-state index contributed by atoms with van der Waals surface area (Å²) in [6.45, 7) is 3.49. The van der Waals surface area contributed by atoms with E-state index in [1.807, 2.05) is 13.0 Å². The molecular formula is C8H13NO2. The minimum absolute atomic E-state index is 0.413. The van der Waals surface area contributed by atoms with Crippen LogP contribution in [0.1, 0.15) is 24.5 Å². The Hall–Kier alpha value is -0.800. The van der Waals surface area contributed by atoms with Crippen molar-refractivity contribution < 1.29 is 9.52 Å². The molecule has 0 radical (unpaired) electrons. The molecule has 0 aliphatic heterocycles. The van der Waals surface area contributed by atoms with Crippen LogP contribution in [0.15, 0.2) is 16.5 Å². The molecule has 0 fully saturated rings. The van der Waals surface area contributed by atoms with E-state index in [0.717, 1.165) is 5.76 Å². The molecule has 2 unspecified atom stereocenters. The molecule has 62 valence electrons. The number of aryl methyl sites for hydroxylation is 1. The van der Waals surface area contributed by atoms with Gasteiger partial charge < -0.3 is 15.3 Å². The van der Waals surface area contributed by atoms with Gasteiger partial charge in [-0.05, 0) is 26.0 Å². The Kier molecular flexibility index (Phi) is 2.31. The molecule has 0 aromatic carbocycles. The molecule has 0 saturated carbocycles. The highest BCUT2D eigenvalue weighted by atomic mass is 16.3. The molecule has 0 aliphatic rings. The van der Waals surface area contributed by atoms with Crippen molar-refractivity contribution in [1.29, 1.82) is 0 Å². The number of furan rings is 1. The number of aliphatic hydroxyl groups is 1. The van der Waals surface area contributed by atoms with E-state index in [1.54, 1.807) is 13.0 Å². The third-order valence-corrected chi connectivity index (χ3v) is 1.61. The fraction of sp³-hybridized carbons (Fsp3) is 0.500. The zero-order valence-electron chi connectivity index (χ0n) is 6.74. The van der Waals surface area contributed by atoms with Gasteiger partial charge in [0.05, 0.1) is 12.1 Å². The molecule has 3 N–H and O–H groups in total. The van der Waals surface area contributed by atoms with Gasteiger partial charge in [-0.1, -0.05) is 0 Å². The van der Waals surface area contributed by atoms with Crippen LogP contribution in [0.4, 0.5) is 0 Å². The fourth-order valence-electron chi connectivity index (χ4n) is 0.870. The van der Waals surface area contributed by atoms with E-state index in [-0.39, 0.29) is 0 Å². The Balaban J connectivity index is 2.76. The van der Waals surface area contributed by atoms with Crippen molar-refractivity contribution in [3.05, 3.63) is 23.7 Å². The quantitative estimate of drug-likeness (QED) is 0.669. The van der Waals surface area contributed by atoms with Crippen molar-refractivity contribution in [3.8, 4) is 0 Å². The van der Waals surface area contributed by atoms with Gasteiger partial charge in [-0.2, -0.15) is 0 Å². The SMILES string of the molecule is Cc1ccc(C(N)C(C)O)o1. The third-order valence-electron chi connectivity index (χ3n) is 1.61. The molecule has 0 saturated heterocycles. The normalized spacial score (nSPS) is 16.4. The van der Waals surface area contributed by atoms with Gasteiger partial charge in [0.15, 0.2) is 0 Å². The van der Waals surface area contributed by atoms with Gasteiger partial charge >= 0.3 is 0 Å². The lowest BCUT2D eigenvalue weighted by atomic mass is 10.1. The maximum Gasteiger partial charge on any atom is 0.123 e. The van der Waals surface area contributed by atoms with Crippen molar-refractivity contribution in [2.75, 3.05) is 0 Å². The number of hydrogen-bond donors (Lipinski definition) is 2. The van der Waals surface area contributed by atoms with Crippen molar-refractivity contribution in [2.24, 2.45) is 5.73 Å². The highest BCUT2D eigenvalue weighted by molar-refractivity contribution is 5.09.